The van der Waals surface area contributed by atoms with Crippen LogP contribution in [0.1, 0.15) is 89.8 Å². The molecule has 1 aromatic heterocycles. The first kappa shape index (κ1) is 29.4. The molecule has 0 N–H and O–H groups in total. The molecule has 0 aliphatic carbocycles. The third kappa shape index (κ3) is 6.49. The maximum atomic E-state index is 13.6. The fourth-order valence-corrected chi connectivity index (χ4v) is 6.97. The Morgan fingerprint density at radius 2 is 1.84 bits per heavy atom. The number of unbranched alkanes of at least 4 members (excludes halogenated alkanes) is 1. The molecule has 0 spiro atoms. The molecule has 0 aromatic carbocycles. The molecule has 6 nitrogen and oxygen atoms in total. The Labute approximate surface area is 232 Å². The van der Waals surface area contributed by atoms with Gasteiger partial charge in [0.1, 0.15) is 21.8 Å². The van der Waals surface area contributed by atoms with Gasteiger partial charge in [-0.2, -0.15) is 5.26 Å². The molecule has 2 fully saturated rings. The zero-order chi connectivity index (χ0) is 27.3. The number of thiocarbonyl (C=S) groups is 1. The minimum Gasteiger partial charge on any atom is -0.357 e. The highest BCUT2D eigenvalue weighted by Crippen LogP contribution is 2.38. The Morgan fingerprint density at radius 1 is 1.16 bits per heavy atom. The monoisotopic (exact) mass is 542 g/mol. The molecule has 2 saturated heterocycles. The fraction of sp³-hybridized carbons (Fsp3) is 0.655. The topological polar surface area (TPSA) is 69.3 Å². The van der Waals surface area contributed by atoms with Crippen molar-refractivity contribution in [2.45, 2.75) is 86.6 Å². The van der Waals surface area contributed by atoms with Gasteiger partial charge in [0.15, 0.2) is 0 Å². The number of anilines is 1. The highest BCUT2D eigenvalue weighted by atomic mass is 32.2. The van der Waals surface area contributed by atoms with Gasteiger partial charge in [0.2, 0.25) is 0 Å². The number of hydrogen-bond acceptors (Lipinski definition) is 6. The highest BCUT2D eigenvalue weighted by molar-refractivity contribution is 8.26. The predicted octanol–water partition coefficient (Wildman–Crippen LogP) is 6.34. The Bertz CT molecular complexity index is 1140. The average Bonchev–Trinajstić information content (AvgIpc) is 3.11. The van der Waals surface area contributed by atoms with Gasteiger partial charge in [0, 0.05) is 31.7 Å². The Hall–Kier alpha value is -2.11. The number of rotatable bonds is 10. The standard InChI is InChI=1S/C29H42N4O2S2/c1-7-10-11-22(9-3)18-33-28(35)25(37-29(33)36)14-23-21(6)24(15-30)27(34)32(12-8-2)26(23)31-16-19(4)13-20(5)17-31/h14,19-20,22H,7-13,16-18H2,1-6H3/b25-14+. The van der Waals surface area contributed by atoms with Crippen LogP contribution >= 0.6 is 24.0 Å². The van der Waals surface area contributed by atoms with Crippen LogP contribution in [0.4, 0.5) is 5.82 Å². The van der Waals surface area contributed by atoms with E-state index in [0.717, 1.165) is 63.0 Å². The van der Waals surface area contributed by atoms with Crippen LogP contribution in [-0.2, 0) is 11.3 Å². The van der Waals surface area contributed by atoms with E-state index in [1.807, 2.05) is 19.9 Å². The minimum atomic E-state index is -0.242. The minimum absolute atomic E-state index is 0.0672. The van der Waals surface area contributed by atoms with Crippen LogP contribution < -0.4 is 10.5 Å². The van der Waals surface area contributed by atoms with E-state index < -0.39 is 0 Å². The van der Waals surface area contributed by atoms with Crippen LogP contribution in [0.25, 0.3) is 6.08 Å². The first-order valence-electron chi connectivity index (χ1n) is 13.8. The molecule has 8 heteroatoms. The summed E-state index contributed by atoms with van der Waals surface area (Å²) in [6.07, 6.45) is 8.20. The van der Waals surface area contributed by atoms with Crippen molar-refractivity contribution >= 4 is 46.1 Å². The van der Waals surface area contributed by atoms with Crippen LogP contribution in [0, 0.1) is 36.0 Å². The molecule has 3 unspecified atom stereocenters. The summed E-state index contributed by atoms with van der Waals surface area (Å²) >= 11 is 6.99. The number of amides is 1. The van der Waals surface area contributed by atoms with Gasteiger partial charge in [0.25, 0.3) is 11.5 Å². The number of pyridine rings is 1. The van der Waals surface area contributed by atoms with Gasteiger partial charge in [-0.3, -0.25) is 19.1 Å². The van der Waals surface area contributed by atoms with Gasteiger partial charge in [-0.05, 0) is 55.6 Å². The van der Waals surface area contributed by atoms with Crippen molar-refractivity contribution in [3.05, 3.63) is 31.9 Å². The summed E-state index contributed by atoms with van der Waals surface area (Å²) in [5.41, 5.74) is 1.35. The summed E-state index contributed by atoms with van der Waals surface area (Å²) in [4.78, 5) is 31.6. The number of carbonyl (C=O) groups is 1. The molecular weight excluding hydrogens is 500 g/mol. The summed E-state index contributed by atoms with van der Waals surface area (Å²) in [5.74, 6) is 2.17. The van der Waals surface area contributed by atoms with Gasteiger partial charge < -0.3 is 4.90 Å². The van der Waals surface area contributed by atoms with E-state index >= 15 is 0 Å². The lowest BCUT2D eigenvalue weighted by atomic mass is 9.91. The Morgan fingerprint density at radius 3 is 2.41 bits per heavy atom. The van der Waals surface area contributed by atoms with Crippen molar-refractivity contribution in [2.24, 2.45) is 17.8 Å². The number of thioether (sulfide) groups is 1. The summed E-state index contributed by atoms with van der Waals surface area (Å²) in [5, 5.41) is 9.90. The van der Waals surface area contributed by atoms with Gasteiger partial charge in [-0.15, -0.1) is 0 Å². The molecule has 202 valence electrons. The summed E-state index contributed by atoms with van der Waals surface area (Å²) in [7, 11) is 0. The summed E-state index contributed by atoms with van der Waals surface area (Å²) < 4.78 is 2.36. The molecular formula is C29H42N4O2S2. The molecule has 3 atom stereocenters. The third-order valence-corrected chi connectivity index (χ3v) is 8.97. The lowest BCUT2D eigenvalue weighted by Gasteiger charge is -2.39. The summed E-state index contributed by atoms with van der Waals surface area (Å²) in [6.45, 7) is 15.6. The largest absolute Gasteiger partial charge is 0.357 e. The van der Waals surface area contributed by atoms with Gasteiger partial charge in [-0.1, -0.05) is 77.9 Å². The second-order valence-electron chi connectivity index (χ2n) is 10.9. The smallest absolute Gasteiger partial charge is 0.270 e. The second kappa shape index (κ2) is 13.1. The first-order chi connectivity index (χ1) is 17.7. The SMILES string of the molecule is CCCCC(CC)CN1C(=O)/C(=C\c2c(C)c(C#N)c(=O)n(CCC)c2N2CC(C)CC(C)C2)SC1=S. The number of carbonyl (C=O) groups excluding carboxylic acids is 1. The van der Waals surface area contributed by atoms with Crippen LogP contribution in [0.2, 0.25) is 0 Å². The van der Waals surface area contributed by atoms with Crippen LogP contribution in [0.5, 0.6) is 0 Å². The van der Waals surface area contributed by atoms with Gasteiger partial charge in [-0.25, -0.2) is 0 Å². The number of nitriles is 1. The molecule has 0 bridgehead atoms. The lowest BCUT2D eigenvalue weighted by molar-refractivity contribution is -0.122. The molecule has 2 aliphatic heterocycles. The Kier molecular flexibility index (Phi) is 10.4. The maximum absolute atomic E-state index is 13.6. The van der Waals surface area contributed by atoms with E-state index in [9.17, 15) is 14.9 Å². The normalized spacial score (nSPS) is 22.1. The van der Waals surface area contributed by atoms with Crippen molar-refractivity contribution in [3.63, 3.8) is 0 Å². The quantitative estimate of drug-likeness (QED) is 0.254. The van der Waals surface area contributed by atoms with Crippen molar-refractivity contribution in [1.29, 1.82) is 5.26 Å². The number of aromatic nitrogens is 1. The molecule has 1 amide bonds. The van der Waals surface area contributed by atoms with E-state index in [0.29, 0.717) is 45.6 Å². The number of nitrogens with zero attached hydrogens (tertiary/aromatic N) is 4. The number of hydrogen-bond donors (Lipinski definition) is 0. The molecule has 0 saturated carbocycles. The zero-order valence-electron chi connectivity index (χ0n) is 23.3. The van der Waals surface area contributed by atoms with Crippen molar-refractivity contribution < 1.29 is 4.79 Å². The molecule has 3 rings (SSSR count). The van der Waals surface area contributed by atoms with Gasteiger partial charge >= 0.3 is 0 Å². The van der Waals surface area contributed by atoms with Crippen LogP contribution in [0.3, 0.4) is 0 Å². The fourth-order valence-electron chi connectivity index (χ4n) is 5.72. The predicted molar refractivity (Wildman–Crippen MR) is 159 cm³/mol. The van der Waals surface area contributed by atoms with Crippen LogP contribution in [-0.4, -0.2) is 39.3 Å². The highest BCUT2D eigenvalue weighted by Gasteiger charge is 2.35. The molecule has 2 aliphatic rings. The maximum Gasteiger partial charge on any atom is 0.270 e. The van der Waals surface area contributed by atoms with Crippen molar-refractivity contribution in [3.8, 4) is 6.07 Å². The number of piperidine rings is 1. The van der Waals surface area contributed by atoms with Crippen molar-refractivity contribution in [2.75, 3.05) is 24.5 Å². The lowest BCUT2D eigenvalue weighted by Crippen LogP contribution is -2.43. The van der Waals surface area contributed by atoms with Crippen molar-refractivity contribution in [1.82, 2.24) is 9.47 Å². The Balaban J connectivity index is 2.12. The molecule has 37 heavy (non-hydrogen) atoms. The first-order valence-corrected chi connectivity index (χ1v) is 15.1. The van der Waals surface area contributed by atoms with Gasteiger partial charge in [0.05, 0.1) is 4.91 Å². The molecule has 0 radical (unpaired) electrons. The van der Waals surface area contributed by atoms with E-state index in [2.05, 4.69) is 38.7 Å². The van der Waals surface area contributed by atoms with E-state index in [4.69, 9.17) is 12.2 Å². The van der Waals surface area contributed by atoms with E-state index in [1.54, 1.807) is 9.47 Å². The molecule has 3 heterocycles. The zero-order valence-corrected chi connectivity index (χ0v) is 24.9. The van der Waals surface area contributed by atoms with E-state index in [1.165, 1.54) is 11.8 Å². The van der Waals surface area contributed by atoms with E-state index in [-0.39, 0.29) is 17.0 Å². The molecule has 1 aromatic rings. The second-order valence-corrected chi connectivity index (χ2v) is 12.5. The third-order valence-electron chi connectivity index (χ3n) is 7.60. The van der Waals surface area contributed by atoms with Crippen LogP contribution in [0.15, 0.2) is 9.70 Å². The average molecular weight is 543 g/mol. The summed E-state index contributed by atoms with van der Waals surface area (Å²) in [6, 6.07) is 2.15.